The van der Waals surface area contributed by atoms with Gasteiger partial charge in [0.1, 0.15) is 5.79 Å². The molecule has 0 aromatic heterocycles. The fourth-order valence-corrected chi connectivity index (χ4v) is 4.88. The maximum Gasteiger partial charge on any atom is 0.173 e. The van der Waals surface area contributed by atoms with E-state index in [4.69, 9.17) is 23.1 Å². The Morgan fingerprint density at radius 3 is 2.41 bits per heavy atom. The second-order valence-corrected chi connectivity index (χ2v) is 8.82. The second-order valence-electron chi connectivity index (χ2n) is 8.38. The Balaban J connectivity index is 1.61. The van der Waals surface area contributed by atoms with E-state index < -0.39 is 11.6 Å². The molecule has 0 amide bonds. The molecule has 6 nitrogen and oxygen atoms in total. The number of rotatable bonds is 5. The van der Waals surface area contributed by atoms with E-state index in [1.807, 2.05) is 55.6 Å². The smallest absolute Gasteiger partial charge is 0.173 e. The molecule has 0 spiro atoms. The highest BCUT2D eigenvalue weighted by Gasteiger charge is 2.47. The SMILES string of the molecule is CNCC1CCC(C2(N)Nc3ccccc3C(N)(Nc3ccc(Cl)cc3)N2)CC1. The molecule has 2 unspecified atom stereocenters. The number of nitrogens with one attached hydrogen (secondary N) is 4. The number of hydrogen-bond donors (Lipinski definition) is 6. The van der Waals surface area contributed by atoms with E-state index in [2.05, 4.69) is 21.3 Å². The molecular weight excluding hydrogens is 384 g/mol. The lowest BCUT2D eigenvalue weighted by molar-refractivity contribution is 0.120. The Morgan fingerprint density at radius 2 is 1.72 bits per heavy atom. The zero-order valence-corrected chi connectivity index (χ0v) is 17.6. The van der Waals surface area contributed by atoms with Gasteiger partial charge in [0.2, 0.25) is 0 Å². The predicted octanol–water partition coefficient (Wildman–Crippen LogP) is 3.17. The monoisotopic (exact) mass is 414 g/mol. The van der Waals surface area contributed by atoms with Crippen LogP contribution < -0.4 is 32.7 Å². The van der Waals surface area contributed by atoms with E-state index in [9.17, 15) is 0 Å². The number of para-hydroxylation sites is 1. The van der Waals surface area contributed by atoms with Gasteiger partial charge in [0.05, 0.1) is 0 Å². The van der Waals surface area contributed by atoms with Crippen LogP contribution in [0.3, 0.4) is 0 Å². The van der Waals surface area contributed by atoms with Gasteiger partial charge in [-0.2, -0.15) is 0 Å². The molecule has 2 aliphatic rings. The quantitative estimate of drug-likeness (QED) is 0.420. The van der Waals surface area contributed by atoms with Crippen molar-refractivity contribution in [2.45, 2.75) is 37.3 Å². The molecule has 0 bridgehead atoms. The minimum Gasteiger partial charge on any atom is -0.355 e. The highest BCUT2D eigenvalue weighted by atomic mass is 35.5. The van der Waals surface area contributed by atoms with Gasteiger partial charge < -0.3 is 16.0 Å². The summed E-state index contributed by atoms with van der Waals surface area (Å²) in [7, 11) is 2.02. The van der Waals surface area contributed by atoms with Crippen LogP contribution in [0.2, 0.25) is 5.02 Å². The van der Waals surface area contributed by atoms with Crippen LogP contribution >= 0.6 is 11.6 Å². The van der Waals surface area contributed by atoms with E-state index in [1.54, 1.807) is 0 Å². The maximum atomic E-state index is 6.94. The number of fused-ring (bicyclic) bond motifs is 1. The van der Waals surface area contributed by atoms with E-state index in [0.717, 1.165) is 49.2 Å². The van der Waals surface area contributed by atoms with Crippen molar-refractivity contribution in [1.29, 1.82) is 0 Å². The second kappa shape index (κ2) is 8.13. The molecule has 156 valence electrons. The molecular formula is C22H31ClN6. The van der Waals surface area contributed by atoms with Crippen LogP contribution in [0.4, 0.5) is 11.4 Å². The van der Waals surface area contributed by atoms with Crippen LogP contribution in [0.15, 0.2) is 48.5 Å². The van der Waals surface area contributed by atoms with Gasteiger partial charge in [-0.1, -0.05) is 29.8 Å². The minimum atomic E-state index is -1.01. The molecule has 8 N–H and O–H groups in total. The first kappa shape index (κ1) is 20.4. The molecule has 2 aromatic carbocycles. The molecule has 7 heteroatoms. The number of nitrogens with two attached hydrogens (primary N) is 2. The summed E-state index contributed by atoms with van der Waals surface area (Å²) >= 11 is 6.04. The average Bonchev–Trinajstić information content (AvgIpc) is 2.70. The van der Waals surface area contributed by atoms with Crippen LogP contribution in [0.25, 0.3) is 0 Å². The highest BCUT2D eigenvalue weighted by molar-refractivity contribution is 6.30. The van der Waals surface area contributed by atoms with Crippen molar-refractivity contribution in [3.8, 4) is 0 Å². The molecule has 1 saturated carbocycles. The fourth-order valence-electron chi connectivity index (χ4n) is 4.76. The lowest BCUT2D eigenvalue weighted by Gasteiger charge is -2.52. The number of benzene rings is 2. The molecule has 1 fully saturated rings. The molecule has 1 heterocycles. The molecule has 29 heavy (non-hydrogen) atoms. The van der Waals surface area contributed by atoms with Gasteiger partial charge in [-0.05, 0) is 75.5 Å². The van der Waals surface area contributed by atoms with Crippen molar-refractivity contribution in [1.82, 2.24) is 10.6 Å². The van der Waals surface area contributed by atoms with Gasteiger partial charge in [-0.15, -0.1) is 0 Å². The standard InChI is InChI=1S/C22H31ClN6/c1-26-14-15-6-8-16(9-7-15)21(24)28-20-5-3-2-4-19(20)22(25,29-21)27-18-12-10-17(23)11-13-18/h2-5,10-13,15-16,26-29H,6-9,14,24-25H2,1H3. The van der Waals surface area contributed by atoms with Crippen LogP contribution in [0, 0.1) is 11.8 Å². The van der Waals surface area contributed by atoms with Crippen molar-refractivity contribution in [3.63, 3.8) is 0 Å². The highest BCUT2D eigenvalue weighted by Crippen LogP contribution is 2.40. The third kappa shape index (κ3) is 4.22. The van der Waals surface area contributed by atoms with Gasteiger partial charge in [0, 0.05) is 27.9 Å². The van der Waals surface area contributed by atoms with E-state index >= 15 is 0 Å². The first-order valence-electron chi connectivity index (χ1n) is 10.3. The summed E-state index contributed by atoms with van der Waals surface area (Å²) in [5.41, 5.74) is 16.6. The van der Waals surface area contributed by atoms with Crippen molar-refractivity contribution in [2.24, 2.45) is 23.3 Å². The lowest BCUT2D eigenvalue weighted by atomic mass is 9.77. The van der Waals surface area contributed by atoms with Crippen molar-refractivity contribution in [3.05, 3.63) is 59.1 Å². The third-order valence-corrected chi connectivity index (χ3v) is 6.52. The number of anilines is 2. The Bertz CT molecular complexity index is 835. The first-order valence-corrected chi connectivity index (χ1v) is 10.7. The normalized spacial score (nSPS) is 31.6. The Hall–Kier alpha value is -1.83. The lowest BCUT2D eigenvalue weighted by Crippen LogP contribution is -2.76. The zero-order valence-electron chi connectivity index (χ0n) is 16.8. The predicted molar refractivity (Wildman–Crippen MR) is 120 cm³/mol. The van der Waals surface area contributed by atoms with Gasteiger partial charge in [0.25, 0.3) is 0 Å². The van der Waals surface area contributed by atoms with Crippen LogP contribution in [0.5, 0.6) is 0 Å². The summed E-state index contributed by atoms with van der Waals surface area (Å²) in [4.78, 5) is 0. The minimum absolute atomic E-state index is 0.277. The van der Waals surface area contributed by atoms with Gasteiger partial charge >= 0.3 is 0 Å². The summed E-state index contributed by atoms with van der Waals surface area (Å²) in [5.74, 6) is -0.816. The van der Waals surface area contributed by atoms with Crippen molar-refractivity contribution < 1.29 is 0 Å². The first-order chi connectivity index (χ1) is 13.9. The van der Waals surface area contributed by atoms with Gasteiger partial charge in [-0.3, -0.25) is 11.5 Å². The molecule has 1 aliphatic carbocycles. The summed E-state index contributed by atoms with van der Waals surface area (Å²) in [5, 5.41) is 14.5. The molecule has 0 saturated heterocycles. The van der Waals surface area contributed by atoms with Crippen LogP contribution in [0.1, 0.15) is 31.2 Å². The Kier molecular flexibility index (Phi) is 5.73. The van der Waals surface area contributed by atoms with Gasteiger partial charge in [-0.25, -0.2) is 5.32 Å². The van der Waals surface area contributed by atoms with Crippen LogP contribution in [-0.2, 0) is 5.79 Å². The summed E-state index contributed by atoms with van der Waals surface area (Å²) in [6.07, 6.45) is 4.44. The molecule has 4 rings (SSSR count). The average molecular weight is 415 g/mol. The number of hydrogen-bond acceptors (Lipinski definition) is 6. The largest absolute Gasteiger partial charge is 0.355 e. The van der Waals surface area contributed by atoms with E-state index in [0.29, 0.717) is 10.9 Å². The Morgan fingerprint density at radius 1 is 1.03 bits per heavy atom. The fraction of sp³-hybridized carbons (Fsp3) is 0.455. The van der Waals surface area contributed by atoms with Crippen LogP contribution in [-0.4, -0.2) is 19.4 Å². The molecule has 2 aromatic rings. The van der Waals surface area contributed by atoms with Crippen molar-refractivity contribution in [2.75, 3.05) is 24.2 Å². The molecule has 2 atom stereocenters. The third-order valence-electron chi connectivity index (χ3n) is 6.27. The van der Waals surface area contributed by atoms with E-state index in [-0.39, 0.29) is 5.92 Å². The van der Waals surface area contributed by atoms with Gasteiger partial charge in [0.15, 0.2) is 5.79 Å². The van der Waals surface area contributed by atoms with E-state index in [1.165, 1.54) is 0 Å². The number of halogens is 1. The molecule has 1 aliphatic heterocycles. The topological polar surface area (TPSA) is 100 Å². The van der Waals surface area contributed by atoms with Crippen molar-refractivity contribution >= 4 is 23.0 Å². The Labute approximate surface area is 177 Å². The molecule has 0 radical (unpaired) electrons. The zero-order chi connectivity index (χ0) is 20.5. The summed E-state index contributed by atoms with van der Waals surface area (Å²) < 4.78 is 0. The summed E-state index contributed by atoms with van der Waals surface area (Å²) in [6.45, 7) is 1.06. The maximum absolute atomic E-state index is 6.94. The summed E-state index contributed by atoms with van der Waals surface area (Å²) in [6, 6.07) is 15.6.